The van der Waals surface area contributed by atoms with Crippen molar-refractivity contribution in [1.82, 2.24) is 0 Å². The zero-order chi connectivity index (χ0) is 16.0. The Kier molecular flexibility index (Phi) is 7.20. The summed E-state index contributed by atoms with van der Waals surface area (Å²) in [5.41, 5.74) is 8.46. The lowest BCUT2D eigenvalue weighted by molar-refractivity contribution is 0.124. The number of aliphatic hydroxyl groups excluding tert-OH is 1. The predicted molar refractivity (Wildman–Crippen MR) is 89.0 cm³/mol. The van der Waals surface area contributed by atoms with Crippen molar-refractivity contribution in [3.63, 3.8) is 0 Å². The van der Waals surface area contributed by atoms with E-state index in [1.54, 1.807) is 7.11 Å². The molecule has 3 heteroatoms. The number of hydrogen-bond donors (Lipinski definition) is 2. The molecule has 120 valence electrons. The van der Waals surface area contributed by atoms with E-state index in [0.29, 0.717) is 12.3 Å². The van der Waals surface area contributed by atoms with E-state index in [1.165, 1.54) is 11.1 Å². The molecule has 0 aliphatic carbocycles. The predicted octanol–water partition coefficient (Wildman–Crippen LogP) is 3.80. The number of benzene rings is 1. The van der Waals surface area contributed by atoms with Gasteiger partial charge in [-0.15, -0.1) is 0 Å². The summed E-state index contributed by atoms with van der Waals surface area (Å²) in [7, 11) is 1.71. The van der Waals surface area contributed by atoms with Gasteiger partial charge in [-0.25, -0.2) is 0 Å². The fraction of sp³-hybridized carbons (Fsp3) is 0.667. The molecule has 1 aromatic carbocycles. The molecule has 0 amide bonds. The van der Waals surface area contributed by atoms with E-state index >= 15 is 0 Å². The van der Waals surface area contributed by atoms with Gasteiger partial charge in [0.1, 0.15) is 5.75 Å². The molecule has 0 fully saturated rings. The average molecular weight is 293 g/mol. The molecule has 0 saturated heterocycles. The molecule has 3 N–H and O–H groups in total. The van der Waals surface area contributed by atoms with Gasteiger partial charge < -0.3 is 15.6 Å². The van der Waals surface area contributed by atoms with Crippen molar-refractivity contribution in [3.05, 3.63) is 29.3 Å². The lowest BCUT2D eigenvalue weighted by Gasteiger charge is -2.23. The molecule has 3 nitrogen and oxygen atoms in total. The first-order chi connectivity index (χ1) is 9.90. The highest BCUT2D eigenvalue weighted by Crippen LogP contribution is 2.31. The molecule has 0 radical (unpaired) electrons. The van der Waals surface area contributed by atoms with Crippen LogP contribution in [-0.2, 0) is 0 Å². The maximum atomic E-state index is 10.2. The molecule has 0 heterocycles. The van der Waals surface area contributed by atoms with E-state index < -0.39 is 6.10 Å². The van der Waals surface area contributed by atoms with Crippen molar-refractivity contribution >= 4 is 0 Å². The molecule has 0 aliphatic heterocycles. The summed E-state index contributed by atoms with van der Waals surface area (Å²) >= 11 is 0. The maximum absolute atomic E-state index is 10.2. The Hall–Kier alpha value is -1.06. The summed E-state index contributed by atoms with van der Waals surface area (Å²) in [5, 5.41) is 10.2. The van der Waals surface area contributed by atoms with Crippen LogP contribution < -0.4 is 10.5 Å². The molecule has 0 bridgehead atoms. The van der Waals surface area contributed by atoms with Gasteiger partial charge in [-0.2, -0.15) is 0 Å². The molecule has 3 unspecified atom stereocenters. The van der Waals surface area contributed by atoms with Gasteiger partial charge in [-0.1, -0.05) is 46.2 Å². The van der Waals surface area contributed by atoms with Gasteiger partial charge in [0.25, 0.3) is 0 Å². The number of hydrogen-bond acceptors (Lipinski definition) is 3. The van der Waals surface area contributed by atoms with Gasteiger partial charge in [-0.05, 0) is 41.9 Å². The number of aliphatic hydroxyl groups is 1. The smallest absolute Gasteiger partial charge is 0.122 e. The number of methoxy groups -OCH3 is 1. The zero-order valence-electron chi connectivity index (χ0n) is 14.1. The molecule has 21 heavy (non-hydrogen) atoms. The van der Waals surface area contributed by atoms with Crippen LogP contribution in [0.5, 0.6) is 5.75 Å². The van der Waals surface area contributed by atoms with Crippen LogP contribution in [0.3, 0.4) is 0 Å². The van der Waals surface area contributed by atoms with Gasteiger partial charge in [0.05, 0.1) is 13.2 Å². The first-order valence-electron chi connectivity index (χ1n) is 8.02. The highest BCUT2D eigenvalue weighted by atomic mass is 16.5. The van der Waals surface area contributed by atoms with Gasteiger partial charge in [0.15, 0.2) is 0 Å². The van der Waals surface area contributed by atoms with E-state index in [1.807, 2.05) is 6.07 Å². The maximum Gasteiger partial charge on any atom is 0.122 e. The lowest BCUT2D eigenvalue weighted by atomic mass is 9.89. The summed E-state index contributed by atoms with van der Waals surface area (Å²) in [6.07, 6.45) is 2.13. The van der Waals surface area contributed by atoms with Crippen molar-refractivity contribution < 1.29 is 9.84 Å². The Bertz CT molecular complexity index is 431. The summed E-state index contributed by atoms with van der Waals surface area (Å²) in [6.45, 7) is 8.57. The van der Waals surface area contributed by atoms with Crippen LogP contribution in [0.15, 0.2) is 18.2 Å². The van der Waals surface area contributed by atoms with Crippen LogP contribution in [0, 0.1) is 0 Å². The standard InChI is InChI=1S/C18H31NO2/c1-6-7-16(19)17(20)10-13(4)14-8-9-18(21-5)15(11-14)12(2)3/h8-9,11-13,16-17,20H,6-7,10,19H2,1-5H3. The molecule has 0 aliphatic rings. The summed E-state index contributed by atoms with van der Waals surface area (Å²) < 4.78 is 5.42. The lowest BCUT2D eigenvalue weighted by Crippen LogP contribution is -2.35. The number of nitrogens with two attached hydrogens (primary N) is 1. The molecule has 3 atom stereocenters. The van der Waals surface area contributed by atoms with E-state index in [0.717, 1.165) is 18.6 Å². The second kappa shape index (κ2) is 8.40. The van der Waals surface area contributed by atoms with Crippen LogP contribution in [0.25, 0.3) is 0 Å². The summed E-state index contributed by atoms with van der Waals surface area (Å²) in [5.74, 6) is 1.63. The van der Waals surface area contributed by atoms with E-state index in [2.05, 4.69) is 39.8 Å². The minimum Gasteiger partial charge on any atom is -0.496 e. The van der Waals surface area contributed by atoms with Crippen LogP contribution in [0.4, 0.5) is 0 Å². The average Bonchev–Trinajstić information content (AvgIpc) is 2.46. The molecule has 1 aromatic rings. The van der Waals surface area contributed by atoms with Crippen LogP contribution in [-0.4, -0.2) is 24.4 Å². The quantitative estimate of drug-likeness (QED) is 0.766. The third kappa shape index (κ3) is 5.01. The van der Waals surface area contributed by atoms with Gasteiger partial charge in [0.2, 0.25) is 0 Å². The monoisotopic (exact) mass is 293 g/mol. The second-order valence-electron chi connectivity index (χ2n) is 6.31. The minimum absolute atomic E-state index is 0.125. The van der Waals surface area contributed by atoms with Gasteiger partial charge in [-0.3, -0.25) is 0 Å². The van der Waals surface area contributed by atoms with E-state index in [-0.39, 0.29) is 12.0 Å². The van der Waals surface area contributed by atoms with Crippen molar-refractivity contribution in [2.24, 2.45) is 5.73 Å². The number of ether oxygens (including phenoxy) is 1. The molecular weight excluding hydrogens is 262 g/mol. The second-order valence-corrected chi connectivity index (χ2v) is 6.31. The minimum atomic E-state index is -0.440. The normalized spacial score (nSPS) is 15.8. The highest BCUT2D eigenvalue weighted by molar-refractivity contribution is 5.40. The summed E-state index contributed by atoms with van der Waals surface area (Å²) in [4.78, 5) is 0. The van der Waals surface area contributed by atoms with E-state index in [9.17, 15) is 5.11 Å². The van der Waals surface area contributed by atoms with Crippen LogP contribution in [0.2, 0.25) is 0 Å². The Labute approximate surface area is 129 Å². The van der Waals surface area contributed by atoms with Gasteiger partial charge >= 0.3 is 0 Å². The molecule has 0 saturated carbocycles. The third-order valence-electron chi connectivity index (χ3n) is 4.16. The molecule has 1 rings (SSSR count). The van der Waals surface area contributed by atoms with Crippen LogP contribution >= 0.6 is 0 Å². The fourth-order valence-corrected chi connectivity index (χ4v) is 2.71. The SMILES string of the molecule is CCCC(N)C(O)CC(C)c1ccc(OC)c(C(C)C)c1. The Morgan fingerprint density at radius 2 is 1.90 bits per heavy atom. The highest BCUT2D eigenvalue weighted by Gasteiger charge is 2.19. The largest absolute Gasteiger partial charge is 0.496 e. The number of rotatable bonds is 8. The molecular formula is C18H31NO2. The van der Waals surface area contributed by atoms with Gasteiger partial charge in [0, 0.05) is 6.04 Å². The van der Waals surface area contributed by atoms with Crippen LogP contribution in [0.1, 0.15) is 69.9 Å². The Morgan fingerprint density at radius 3 is 2.43 bits per heavy atom. The Balaban J connectivity index is 2.83. The van der Waals surface area contributed by atoms with Crippen molar-refractivity contribution in [1.29, 1.82) is 0 Å². The Morgan fingerprint density at radius 1 is 1.24 bits per heavy atom. The topological polar surface area (TPSA) is 55.5 Å². The van der Waals surface area contributed by atoms with Crippen molar-refractivity contribution in [3.8, 4) is 5.75 Å². The molecule has 0 spiro atoms. The molecule has 0 aromatic heterocycles. The first kappa shape index (κ1) is 18.0. The third-order valence-corrected chi connectivity index (χ3v) is 4.16. The van der Waals surface area contributed by atoms with E-state index in [4.69, 9.17) is 10.5 Å². The first-order valence-corrected chi connectivity index (χ1v) is 8.02. The summed E-state index contributed by atoms with van der Waals surface area (Å²) in [6, 6.07) is 6.19. The van der Waals surface area contributed by atoms with Crippen molar-refractivity contribution in [2.75, 3.05) is 7.11 Å². The fourth-order valence-electron chi connectivity index (χ4n) is 2.71. The van der Waals surface area contributed by atoms with Crippen molar-refractivity contribution in [2.45, 2.75) is 70.9 Å². The zero-order valence-corrected chi connectivity index (χ0v) is 14.1.